The molecule has 9 heteroatoms. The van der Waals surface area contributed by atoms with Gasteiger partial charge in [0.15, 0.2) is 11.3 Å². The highest BCUT2D eigenvalue weighted by atomic mass is 16.5. The van der Waals surface area contributed by atoms with E-state index >= 15 is 0 Å². The van der Waals surface area contributed by atoms with Crippen molar-refractivity contribution >= 4 is 28.5 Å². The summed E-state index contributed by atoms with van der Waals surface area (Å²) in [5, 5.41) is 16.4. The highest BCUT2D eigenvalue weighted by Crippen LogP contribution is 2.54. The molecule has 8 rings (SSSR count). The summed E-state index contributed by atoms with van der Waals surface area (Å²) >= 11 is 0. The average molecular weight is 596 g/mol. The van der Waals surface area contributed by atoms with Gasteiger partial charge in [0.2, 0.25) is 0 Å². The molecule has 0 unspecified atom stereocenters. The first-order valence-corrected chi connectivity index (χ1v) is 14.8. The zero-order valence-electron chi connectivity index (χ0n) is 25.0. The lowest BCUT2D eigenvalue weighted by Gasteiger charge is -2.55. The van der Waals surface area contributed by atoms with E-state index in [4.69, 9.17) is 9.72 Å². The number of pyridine rings is 1. The lowest BCUT2D eigenvalue weighted by Crippen LogP contribution is -2.63. The van der Waals surface area contributed by atoms with Gasteiger partial charge in [0.1, 0.15) is 5.75 Å². The van der Waals surface area contributed by atoms with Crippen LogP contribution < -0.4 is 4.74 Å². The summed E-state index contributed by atoms with van der Waals surface area (Å²) in [6.45, 7) is 3.66. The molecule has 1 saturated carbocycles. The highest BCUT2D eigenvalue weighted by Gasteiger charge is 2.60. The first kappa shape index (κ1) is 27.2. The summed E-state index contributed by atoms with van der Waals surface area (Å²) in [5.74, 6) is 0.0377. The maximum absolute atomic E-state index is 13.6. The predicted molar refractivity (Wildman–Crippen MR) is 169 cm³/mol. The van der Waals surface area contributed by atoms with Gasteiger partial charge in [0.05, 0.1) is 40.8 Å². The van der Waals surface area contributed by atoms with E-state index in [2.05, 4.69) is 16.1 Å². The number of aromatic nitrogens is 4. The van der Waals surface area contributed by atoms with E-state index in [1.165, 1.54) is 4.90 Å². The number of methoxy groups -OCH3 is 1. The second-order valence-electron chi connectivity index (χ2n) is 12.3. The minimum atomic E-state index is -1.01. The van der Waals surface area contributed by atoms with Crippen LogP contribution in [0.25, 0.3) is 39.1 Å². The Morgan fingerprint density at radius 1 is 0.844 bits per heavy atom. The quantitative estimate of drug-likeness (QED) is 0.245. The molecule has 3 aromatic heterocycles. The van der Waals surface area contributed by atoms with E-state index < -0.39 is 11.1 Å². The Bertz CT molecular complexity index is 2160. The second kappa shape index (κ2) is 9.54. The number of ether oxygens (including phenoxy) is 1. The lowest BCUT2D eigenvalue weighted by molar-refractivity contribution is -0.118. The first-order chi connectivity index (χ1) is 21.7. The molecule has 9 nitrogen and oxygen atoms in total. The van der Waals surface area contributed by atoms with Crippen LogP contribution in [0.2, 0.25) is 0 Å². The van der Waals surface area contributed by atoms with Crippen LogP contribution in [0.5, 0.6) is 5.75 Å². The fourth-order valence-corrected chi connectivity index (χ4v) is 7.16. The van der Waals surface area contributed by atoms with Crippen molar-refractivity contribution < 1.29 is 19.4 Å². The third-order valence-electron chi connectivity index (χ3n) is 9.04. The van der Waals surface area contributed by atoms with Crippen LogP contribution in [0.4, 0.5) is 0 Å². The van der Waals surface area contributed by atoms with Crippen LogP contribution >= 0.6 is 0 Å². The zero-order chi connectivity index (χ0) is 31.1. The molecule has 3 aromatic carbocycles. The van der Waals surface area contributed by atoms with Crippen molar-refractivity contribution in [2.24, 2.45) is 0 Å². The van der Waals surface area contributed by atoms with Crippen LogP contribution in [0.3, 0.4) is 0 Å². The van der Waals surface area contributed by atoms with Gasteiger partial charge in [0, 0.05) is 47.2 Å². The molecule has 222 valence electrons. The predicted octanol–water partition coefficient (Wildman–Crippen LogP) is 5.96. The first-order valence-electron chi connectivity index (χ1n) is 14.8. The Hall–Kier alpha value is -5.41. The molecule has 0 atom stereocenters. The number of fused-ring (bicyclic) bond motifs is 4. The molecule has 2 aliphatic rings. The Kier molecular flexibility index (Phi) is 5.76. The summed E-state index contributed by atoms with van der Waals surface area (Å²) in [5.41, 5.74) is 5.09. The van der Waals surface area contributed by atoms with Crippen molar-refractivity contribution in [1.82, 2.24) is 24.5 Å². The molecule has 45 heavy (non-hydrogen) atoms. The Balaban J connectivity index is 1.29. The van der Waals surface area contributed by atoms with Crippen molar-refractivity contribution in [3.05, 3.63) is 114 Å². The molecule has 0 saturated heterocycles. The van der Waals surface area contributed by atoms with Crippen molar-refractivity contribution in [3.8, 4) is 28.1 Å². The van der Waals surface area contributed by atoms with Crippen molar-refractivity contribution in [2.45, 2.75) is 37.8 Å². The molecule has 1 fully saturated rings. The Labute approximate surface area is 258 Å². The number of carbonyl (C=O) groups is 2. The number of aryl methyl sites for hydroxylation is 1. The third-order valence-corrected chi connectivity index (χ3v) is 9.04. The van der Waals surface area contributed by atoms with Crippen LogP contribution in [0.15, 0.2) is 91.1 Å². The SMILES string of the molecule is COc1ccccc1-c1cc2cnc3cc(C)nn3c2nc1-c1ccc(C2(N3C(=O)c4ccccc4C3=O)CC(C)(O)C2)cc1. The standard InChI is InChI=1S/C36H29N5O4/c1-21-16-30-37-18-23-17-28(25-8-6-7-11-29(25)45-3)31(38-32(23)41(30)39-21)22-12-14-24(15-13-22)36(19-35(2,44)20-36)40-33(42)26-9-4-5-10-27(26)34(40)43/h4-18,44H,19-20H2,1-3H3. The molecule has 1 aliphatic carbocycles. The van der Waals surface area contributed by atoms with Crippen LogP contribution in [-0.4, -0.2) is 54.1 Å². The van der Waals surface area contributed by atoms with E-state index in [9.17, 15) is 14.7 Å². The number of para-hydroxylation sites is 1. The molecule has 1 aliphatic heterocycles. The molecule has 0 spiro atoms. The zero-order valence-corrected chi connectivity index (χ0v) is 25.0. The number of hydrogen-bond donors (Lipinski definition) is 1. The number of rotatable bonds is 5. The van der Waals surface area contributed by atoms with E-state index in [1.807, 2.05) is 61.5 Å². The Morgan fingerprint density at radius 3 is 2.13 bits per heavy atom. The fraction of sp³-hybridized carbons (Fsp3) is 0.194. The number of benzene rings is 3. The average Bonchev–Trinajstić information content (AvgIpc) is 3.55. The smallest absolute Gasteiger partial charge is 0.262 e. The minimum absolute atomic E-state index is 0.245. The monoisotopic (exact) mass is 595 g/mol. The van der Waals surface area contributed by atoms with Gasteiger partial charge in [-0.25, -0.2) is 9.97 Å². The number of carbonyl (C=O) groups excluding carboxylic acids is 2. The largest absolute Gasteiger partial charge is 0.496 e. The van der Waals surface area contributed by atoms with E-state index in [-0.39, 0.29) is 24.7 Å². The molecule has 2 amide bonds. The highest BCUT2D eigenvalue weighted by molar-refractivity contribution is 6.22. The molecule has 0 radical (unpaired) electrons. The van der Waals surface area contributed by atoms with Gasteiger partial charge in [-0.1, -0.05) is 54.6 Å². The second-order valence-corrected chi connectivity index (χ2v) is 12.3. The maximum atomic E-state index is 13.6. The summed E-state index contributed by atoms with van der Waals surface area (Å²) in [6.07, 6.45) is 2.29. The number of aliphatic hydroxyl groups is 1. The van der Waals surface area contributed by atoms with Crippen molar-refractivity contribution in [1.29, 1.82) is 0 Å². The fourth-order valence-electron chi connectivity index (χ4n) is 7.16. The minimum Gasteiger partial charge on any atom is -0.496 e. The van der Waals surface area contributed by atoms with Gasteiger partial charge in [0.25, 0.3) is 11.8 Å². The summed E-state index contributed by atoms with van der Waals surface area (Å²) in [7, 11) is 1.64. The maximum Gasteiger partial charge on any atom is 0.262 e. The molecule has 1 N–H and O–H groups in total. The van der Waals surface area contributed by atoms with Crippen molar-refractivity contribution in [2.75, 3.05) is 7.11 Å². The van der Waals surface area contributed by atoms with E-state index in [1.54, 1.807) is 49.0 Å². The van der Waals surface area contributed by atoms with Gasteiger partial charge in [-0.2, -0.15) is 9.61 Å². The molecule has 6 aromatic rings. The van der Waals surface area contributed by atoms with E-state index in [0.717, 1.165) is 39.0 Å². The normalized spacial score (nSPS) is 20.9. The van der Waals surface area contributed by atoms with Gasteiger partial charge in [-0.05, 0) is 43.7 Å². The lowest BCUT2D eigenvalue weighted by atomic mass is 9.61. The number of amides is 2. The topological polar surface area (TPSA) is 110 Å². The van der Waals surface area contributed by atoms with E-state index in [0.29, 0.717) is 28.2 Å². The molecule has 0 bridgehead atoms. The van der Waals surface area contributed by atoms with Gasteiger partial charge < -0.3 is 9.84 Å². The number of hydrogen-bond acceptors (Lipinski definition) is 7. The summed E-state index contributed by atoms with van der Waals surface area (Å²) < 4.78 is 7.48. The van der Waals surface area contributed by atoms with Crippen LogP contribution in [-0.2, 0) is 5.54 Å². The molecular formula is C36H29N5O4. The molecular weight excluding hydrogens is 566 g/mol. The van der Waals surface area contributed by atoms with Gasteiger partial charge in [-0.15, -0.1) is 0 Å². The summed E-state index contributed by atoms with van der Waals surface area (Å²) in [6, 6.07) is 26.4. The van der Waals surface area contributed by atoms with Gasteiger partial charge in [-0.3, -0.25) is 14.5 Å². The third kappa shape index (κ3) is 4.00. The van der Waals surface area contributed by atoms with Crippen molar-refractivity contribution in [3.63, 3.8) is 0 Å². The number of nitrogens with zero attached hydrogens (tertiary/aromatic N) is 5. The van der Waals surface area contributed by atoms with Crippen LogP contribution in [0, 0.1) is 6.92 Å². The molecule has 4 heterocycles. The van der Waals surface area contributed by atoms with Crippen LogP contribution in [0.1, 0.15) is 51.7 Å². The number of imide groups is 1. The summed E-state index contributed by atoms with van der Waals surface area (Å²) in [4.78, 5) is 38.3. The Morgan fingerprint density at radius 2 is 1.49 bits per heavy atom. The van der Waals surface area contributed by atoms with Gasteiger partial charge >= 0.3 is 0 Å².